The van der Waals surface area contributed by atoms with Gasteiger partial charge in [0, 0.05) is 49.6 Å². The smallest absolute Gasteiger partial charge is 0.251 e. The number of carbonyl (C=O) groups excluding carboxylic acids is 2. The van der Waals surface area contributed by atoms with Gasteiger partial charge in [-0.3, -0.25) is 14.5 Å². The summed E-state index contributed by atoms with van der Waals surface area (Å²) in [5, 5.41) is 20.3. The number of aliphatic hydroxyl groups excluding tert-OH is 1. The Morgan fingerprint density at radius 2 is 1.54 bits per heavy atom. The molecule has 1 aliphatic heterocycles. The Kier molecular flexibility index (Phi) is 9.41. The zero-order chi connectivity index (χ0) is 28.6. The van der Waals surface area contributed by atoms with Crippen molar-refractivity contribution in [3.63, 3.8) is 0 Å². The largest absolute Gasteiger partial charge is 0.377 e. The quantitative estimate of drug-likeness (QED) is 0.239. The van der Waals surface area contributed by atoms with Gasteiger partial charge in [-0.15, -0.1) is 0 Å². The van der Waals surface area contributed by atoms with Crippen molar-refractivity contribution in [1.82, 2.24) is 15.5 Å². The summed E-state index contributed by atoms with van der Waals surface area (Å²) in [5.74, 6) is -0.475. The summed E-state index contributed by atoms with van der Waals surface area (Å²) in [6, 6.07) is 33.9. The number of nitrogens with one attached hydrogen (secondary N) is 2. The van der Waals surface area contributed by atoms with E-state index in [1.165, 1.54) is 11.1 Å². The second-order valence-electron chi connectivity index (χ2n) is 10.8. The maximum atomic E-state index is 13.0. The molecular formula is C34H38N4O3. The molecule has 0 spiro atoms. The van der Waals surface area contributed by atoms with Crippen molar-refractivity contribution in [3.8, 4) is 0 Å². The lowest BCUT2D eigenvalue weighted by Gasteiger charge is -2.34. The lowest BCUT2D eigenvalue weighted by molar-refractivity contribution is -0.118. The second-order valence-corrected chi connectivity index (χ2v) is 10.8. The molecule has 0 saturated carbocycles. The van der Waals surface area contributed by atoms with Gasteiger partial charge in [0.15, 0.2) is 0 Å². The van der Waals surface area contributed by atoms with E-state index < -0.39 is 12.1 Å². The van der Waals surface area contributed by atoms with Crippen LogP contribution in [0, 0.1) is 0 Å². The first kappa shape index (κ1) is 28.5. The van der Waals surface area contributed by atoms with E-state index in [9.17, 15) is 14.7 Å². The number of carbonyl (C=O) groups is 2. The molecule has 212 valence electrons. The molecule has 1 fully saturated rings. The first-order valence-corrected chi connectivity index (χ1v) is 14.3. The minimum Gasteiger partial charge on any atom is -0.377 e. The monoisotopic (exact) mass is 550 g/mol. The molecule has 41 heavy (non-hydrogen) atoms. The molecule has 0 aliphatic carbocycles. The number of aliphatic hydroxyl groups is 1. The van der Waals surface area contributed by atoms with E-state index in [0.29, 0.717) is 31.6 Å². The van der Waals surface area contributed by atoms with Crippen LogP contribution < -0.4 is 16.4 Å². The number of nitrogens with two attached hydrogens (primary N) is 1. The number of rotatable bonds is 10. The molecular weight excluding hydrogens is 512 g/mol. The van der Waals surface area contributed by atoms with Crippen molar-refractivity contribution < 1.29 is 14.7 Å². The van der Waals surface area contributed by atoms with Gasteiger partial charge in [-0.25, -0.2) is 0 Å². The third-order valence-electron chi connectivity index (χ3n) is 7.99. The van der Waals surface area contributed by atoms with Crippen LogP contribution in [0.15, 0.2) is 103 Å². The first-order chi connectivity index (χ1) is 20.0. The molecule has 3 atom stereocenters. The molecule has 7 heteroatoms. The number of amides is 2. The lowest BCUT2D eigenvalue weighted by atomic mass is 9.90. The van der Waals surface area contributed by atoms with Gasteiger partial charge in [0.2, 0.25) is 5.91 Å². The fourth-order valence-electron chi connectivity index (χ4n) is 5.73. The number of primary amides is 1. The van der Waals surface area contributed by atoms with Crippen LogP contribution in [0.25, 0.3) is 10.8 Å². The summed E-state index contributed by atoms with van der Waals surface area (Å²) < 4.78 is 0. The van der Waals surface area contributed by atoms with Gasteiger partial charge in [-0.2, -0.15) is 0 Å². The van der Waals surface area contributed by atoms with Gasteiger partial charge in [-0.1, -0.05) is 91.0 Å². The standard InChI is InChI=1S/C34H38N4O3/c35-32(39)18-17-31-34(41)38(23-30(25-10-3-1-4-11-25)26-12-5-2-6-13-26)20-19-29(37-31)22-36-33(40)28-16-15-24-9-7-8-14-27(24)21-28/h1-16,21,29-31,34,37,41H,17-20,22-23H2,(H2,35,39)(H,36,40). The molecule has 3 unspecified atom stereocenters. The minimum atomic E-state index is -0.814. The van der Waals surface area contributed by atoms with Crippen LogP contribution in [0.3, 0.4) is 0 Å². The third-order valence-corrected chi connectivity index (χ3v) is 7.99. The Labute approximate surface area is 241 Å². The Morgan fingerprint density at radius 3 is 2.20 bits per heavy atom. The van der Waals surface area contributed by atoms with Gasteiger partial charge in [0.25, 0.3) is 5.91 Å². The molecule has 4 aromatic carbocycles. The zero-order valence-corrected chi connectivity index (χ0v) is 23.2. The number of hydrogen-bond donors (Lipinski definition) is 4. The molecule has 5 rings (SSSR count). The van der Waals surface area contributed by atoms with Crippen molar-refractivity contribution in [2.75, 3.05) is 19.6 Å². The number of benzene rings is 4. The fourth-order valence-corrected chi connectivity index (χ4v) is 5.73. The summed E-state index contributed by atoms with van der Waals surface area (Å²) in [6.45, 7) is 1.65. The van der Waals surface area contributed by atoms with Crippen LogP contribution >= 0.6 is 0 Å². The highest BCUT2D eigenvalue weighted by atomic mass is 16.3. The molecule has 0 radical (unpaired) electrons. The van der Waals surface area contributed by atoms with E-state index in [1.807, 2.05) is 78.9 Å². The van der Waals surface area contributed by atoms with Gasteiger partial charge in [0.05, 0.1) is 0 Å². The SMILES string of the molecule is NC(=O)CCC1NC(CNC(=O)c2ccc3ccccc3c2)CCN(CC(c2ccccc2)c2ccccc2)C1O. The van der Waals surface area contributed by atoms with Crippen LogP contribution in [0.2, 0.25) is 0 Å². The highest BCUT2D eigenvalue weighted by Crippen LogP contribution is 2.28. The highest BCUT2D eigenvalue weighted by molar-refractivity contribution is 5.98. The fraction of sp³-hybridized carbons (Fsp3) is 0.294. The minimum absolute atomic E-state index is 0.0630. The topological polar surface area (TPSA) is 108 Å². The second kappa shape index (κ2) is 13.5. The average Bonchev–Trinajstić information content (AvgIpc) is 3.16. The Balaban J connectivity index is 1.31. The third kappa shape index (κ3) is 7.38. The predicted octanol–water partition coefficient (Wildman–Crippen LogP) is 4.02. The van der Waals surface area contributed by atoms with Crippen molar-refractivity contribution in [2.45, 2.75) is 43.5 Å². The van der Waals surface area contributed by atoms with Crippen LogP contribution in [0.4, 0.5) is 0 Å². The van der Waals surface area contributed by atoms with Crippen molar-refractivity contribution >= 4 is 22.6 Å². The lowest BCUT2D eigenvalue weighted by Crippen LogP contribution is -2.52. The molecule has 0 aromatic heterocycles. The predicted molar refractivity (Wildman–Crippen MR) is 162 cm³/mol. The van der Waals surface area contributed by atoms with E-state index in [1.54, 1.807) is 0 Å². The molecule has 1 heterocycles. The van der Waals surface area contributed by atoms with Crippen LogP contribution in [0.5, 0.6) is 0 Å². The maximum Gasteiger partial charge on any atom is 0.251 e. The summed E-state index contributed by atoms with van der Waals surface area (Å²) in [7, 11) is 0. The molecule has 2 amide bonds. The van der Waals surface area contributed by atoms with Crippen molar-refractivity contribution in [3.05, 3.63) is 120 Å². The number of fused-ring (bicyclic) bond motifs is 1. The summed E-state index contributed by atoms with van der Waals surface area (Å²) in [5.41, 5.74) is 8.44. The van der Waals surface area contributed by atoms with E-state index in [-0.39, 0.29) is 30.3 Å². The van der Waals surface area contributed by atoms with Gasteiger partial charge in [0.1, 0.15) is 6.23 Å². The van der Waals surface area contributed by atoms with Gasteiger partial charge < -0.3 is 21.5 Å². The summed E-state index contributed by atoms with van der Waals surface area (Å²) in [4.78, 5) is 26.8. The average molecular weight is 551 g/mol. The Bertz CT molecular complexity index is 1410. The van der Waals surface area contributed by atoms with Crippen LogP contribution in [-0.4, -0.2) is 59.8 Å². The molecule has 4 aromatic rings. The first-order valence-electron chi connectivity index (χ1n) is 14.3. The van der Waals surface area contributed by atoms with E-state index in [0.717, 1.165) is 17.2 Å². The molecule has 5 N–H and O–H groups in total. The molecule has 1 saturated heterocycles. The van der Waals surface area contributed by atoms with Crippen LogP contribution in [-0.2, 0) is 4.79 Å². The maximum absolute atomic E-state index is 13.0. The van der Waals surface area contributed by atoms with Gasteiger partial charge in [-0.05, 0) is 46.9 Å². The molecule has 7 nitrogen and oxygen atoms in total. The van der Waals surface area contributed by atoms with Crippen LogP contribution in [0.1, 0.15) is 46.7 Å². The van der Waals surface area contributed by atoms with E-state index >= 15 is 0 Å². The summed E-state index contributed by atoms with van der Waals surface area (Å²) >= 11 is 0. The normalized spacial score (nSPS) is 19.6. The van der Waals surface area contributed by atoms with Gasteiger partial charge >= 0.3 is 0 Å². The zero-order valence-electron chi connectivity index (χ0n) is 23.2. The Hall–Kier alpha value is -4.04. The van der Waals surface area contributed by atoms with E-state index in [4.69, 9.17) is 5.73 Å². The van der Waals surface area contributed by atoms with Crippen molar-refractivity contribution in [2.24, 2.45) is 5.73 Å². The van der Waals surface area contributed by atoms with E-state index in [2.05, 4.69) is 39.8 Å². The van der Waals surface area contributed by atoms with Crippen molar-refractivity contribution in [1.29, 1.82) is 0 Å². The highest BCUT2D eigenvalue weighted by Gasteiger charge is 2.33. The number of nitrogens with zero attached hydrogens (tertiary/aromatic N) is 1. The molecule has 1 aliphatic rings. The summed E-state index contributed by atoms with van der Waals surface area (Å²) in [6.07, 6.45) is 0.479. The Morgan fingerprint density at radius 1 is 0.902 bits per heavy atom. The number of hydrogen-bond acceptors (Lipinski definition) is 5. The molecule has 0 bridgehead atoms.